The van der Waals surface area contributed by atoms with Crippen molar-refractivity contribution in [3.8, 4) is 17.2 Å². The Kier molecular flexibility index (Phi) is 8.24. The van der Waals surface area contributed by atoms with Crippen LogP contribution in [0.4, 0.5) is 0 Å². The maximum Gasteiger partial charge on any atom is 0.414 e. The Labute approximate surface area is 208 Å². The normalized spacial score (nSPS) is 16.3. The number of carboxylic acids is 2. The largest absolute Gasteiger partial charge is 0.493 e. The quantitative estimate of drug-likeness (QED) is 0.492. The molecular weight excluding hydrogens is 470 g/mol. The summed E-state index contributed by atoms with van der Waals surface area (Å²) in [6.45, 7) is 6.72. The van der Waals surface area contributed by atoms with E-state index in [4.69, 9.17) is 34.0 Å². The van der Waals surface area contributed by atoms with E-state index in [9.17, 15) is 4.79 Å². The van der Waals surface area contributed by atoms with Crippen LogP contribution >= 0.6 is 0 Å². The SMILES string of the molecule is O=C(CN1CCN(Cc2ccc3c(c2)CCO3)CC1)NCc1ccc2c(c1)OCO2.O=C(O)C(=O)O. The number of nitrogens with one attached hydrogen (secondary N) is 1. The minimum Gasteiger partial charge on any atom is -0.493 e. The van der Waals surface area contributed by atoms with Gasteiger partial charge in [-0.15, -0.1) is 0 Å². The van der Waals surface area contributed by atoms with E-state index >= 15 is 0 Å². The van der Waals surface area contributed by atoms with Crippen molar-refractivity contribution in [2.45, 2.75) is 19.5 Å². The Bertz CT molecular complexity index is 1100. The van der Waals surface area contributed by atoms with Crippen LogP contribution in [-0.4, -0.2) is 84.0 Å². The second-order valence-corrected chi connectivity index (χ2v) is 8.67. The van der Waals surface area contributed by atoms with Crippen LogP contribution in [0.2, 0.25) is 0 Å². The third-order valence-electron chi connectivity index (χ3n) is 6.10. The molecule has 0 aromatic heterocycles. The monoisotopic (exact) mass is 499 g/mol. The highest BCUT2D eigenvalue weighted by Gasteiger charge is 2.20. The molecule has 1 fully saturated rings. The number of aliphatic carboxylic acids is 2. The highest BCUT2D eigenvalue weighted by atomic mass is 16.7. The summed E-state index contributed by atoms with van der Waals surface area (Å²) in [5.41, 5.74) is 3.68. The molecule has 3 N–H and O–H groups in total. The van der Waals surface area contributed by atoms with E-state index in [0.29, 0.717) is 13.1 Å². The summed E-state index contributed by atoms with van der Waals surface area (Å²) in [5.74, 6) is -1.05. The maximum atomic E-state index is 12.4. The van der Waals surface area contributed by atoms with Gasteiger partial charge in [-0.1, -0.05) is 18.2 Å². The average Bonchev–Trinajstić information content (AvgIpc) is 3.53. The number of piperazine rings is 1. The van der Waals surface area contributed by atoms with Crippen LogP contribution in [-0.2, 0) is 33.9 Å². The number of ether oxygens (including phenoxy) is 3. The Morgan fingerprint density at radius 3 is 2.22 bits per heavy atom. The predicted octanol–water partition coefficient (Wildman–Crippen LogP) is 0.940. The number of nitrogens with zero attached hydrogens (tertiary/aromatic N) is 2. The summed E-state index contributed by atoms with van der Waals surface area (Å²) in [4.78, 5) is 35.2. The molecule has 0 unspecified atom stereocenters. The number of benzene rings is 2. The van der Waals surface area contributed by atoms with Gasteiger partial charge in [0, 0.05) is 45.7 Å². The first-order valence-corrected chi connectivity index (χ1v) is 11.7. The van der Waals surface area contributed by atoms with E-state index in [1.54, 1.807) is 0 Å². The van der Waals surface area contributed by atoms with Gasteiger partial charge in [0.25, 0.3) is 0 Å². The molecule has 11 heteroatoms. The molecule has 36 heavy (non-hydrogen) atoms. The van der Waals surface area contributed by atoms with Crippen molar-refractivity contribution >= 4 is 17.8 Å². The van der Waals surface area contributed by atoms with Crippen LogP contribution < -0.4 is 19.5 Å². The van der Waals surface area contributed by atoms with Crippen LogP contribution in [0.5, 0.6) is 17.2 Å². The molecule has 0 atom stereocenters. The van der Waals surface area contributed by atoms with Gasteiger partial charge >= 0.3 is 11.9 Å². The maximum absolute atomic E-state index is 12.4. The predicted molar refractivity (Wildman–Crippen MR) is 127 cm³/mol. The minimum atomic E-state index is -1.82. The summed E-state index contributed by atoms with van der Waals surface area (Å²) in [6.07, 6.45) is 1.01. The first kappa shape index (κ1) is 25.3. The molecule has 2 aromatic carbocycles. The van der Waals surface area contributed by atoms with Gasteiger partial charge in [0.2, 0.25) is 12.7 Å². The number of amides is 1. The zero-order valence-electron chi connectivity index (χ0n) is 19.8. The first-order chi connectivity index (χ1) is 17.4. The zero-order chi connectivity index (χ0) is 25.5. The van der Waals surface area contributed by atoms with Gasteiger partial charge in [-0.05, 0) is 34.9 Å². The number of carbonyl (C=O) groups excluding carboxylic acids is 1. The van der Waals surface area contributed by atoms with E-state index < -0.39 is 11.9 Å². The van der Waals surface area contributed by atoms with E-state index in [1.807, 2.05) is 18.2 Å². The fraction of sp³-hybridized carbons (Fsp3) is 0.400. The van der Waals surface area contributed by atoms with E-state index in [-0.39, 0.29) is 12.7 Å². The molecule has 0 aliphatic carbocycles. The lowest BCUT2D eigenvalue weighted by atomic mass is 10.1. The zero-order valence-corrected chi connectivity index (χ0v) is 19.8. The second kappa shape index (κ2) is 11.7. The molecule has 5 rings (SSSR count). The highest BCUT2D eigenvalue weighted by molar-refractivity contribution is 6.27. The molecule has 1 amide bonds. The van der Waals surface area contributed by atoms with E-state index in [2.05, 4.69) is 33.3 Å². The first-order valence-electron chi connectivity index (χ1n) is 11.7. The molecule has 0 saturated carbocycles. The molecular formula is C25H29N3O8. The van der Waals surface area contributed by atoms with E-state index in [0.717, 1.165) is 68.6 Å². The number of carbonyl (C=O) groups is 3. The molecule has 2 aromatic rings. The number of carboxylic acid groups (broad SMARTS) is 2. The van der Waals surface area contributed by atoms with Crippen LogP contribution in [0.25, 0.3) is 0 Å². The van der Waals surface area contributed by atoms with Crippen molar-refractivity contribution in [1.82, 2.24) is 15.1 Å². The van der Waals surface area contributed by atoms with Crippen molar-refractivity contribution in [2.75, 3.05) is 46.1 Å². The lowest BCUT2D eigenvalue weighted by Crippen LogP contribution is -2.49. The minimum absolute atomic E-state index is 0.0553. The van der Waals surface area contributed by atoms with Gasteiger partial charge in [0.1, 0.15) is 5.75 Å². The molecule has 192 valence electrons. The third-order valence-corrected chi connectivity index (χ3v) is 6.10. The number of fused-ring (bicyclic) bond motifs is 2. The smallest absolute Gasteiger partial charge is 0.414 e. The van der Waals surface area contributed by atoms with Crippen molar-refractivity contribution < 1.29 is 38.8 Å². The van der Waals surface area contributed by atoms with Crippen LogP contribution in [0.1, 0.15) is 16.7 Å². The van der Waals surface area contributed by atoms with Gasteiger partial charge in [0.05, 0.1) is 13.2 Å². The molecule has 3 heterocycles. The number of rotatable bonds is 6. The summed E-state index contributed by atoms with van der Waals surface area (Å²) in [5, 5.41) is 17.8. The second-order valence-electron chi connectivity index (χ2n) is 8.67. The molecule has 0 radical (unpaired) electrons. The molecule has 1 saturated heterocycles. The van der Waals surface area contributed by atoms with Crippen molar-refractivity contribution in [1.29, 1.82) is 0 Å². The Morgan fingerprint density at radius 2 is 1.47 bits per heavy atom. The van der Waals surface area contributed by atoms with Gasteiger partial charge in [0.15, 0.2) is 11.5 Å². The van der Waals surface area contributed by atoms with Crippen molar-refractivity contribution in [3.05, 3.63) is 53.1 Å². The number of hydrogen-bond donors (Lipinski definition) is 3. The highest BCUT2D eigenvalue weighted by Crippen LogP contribution is 2.32. The Hall–Kier alpha value is -3.83. The summed E-state index contributed by atoms with van der Waals surface area (Å²) in [6, 6.07) is 12.3. The fourth-order valence-electron chi connectivity index (χ4n) is 4.21. The third kappa shape index (κ3) is 6.86. The van der Waals surface area contributed by atoms with Crippen LogP contribution in [0.15, 0.2) is 36.4 Å². The molecule has 3 aliphatic heterocycles. The van der Waals surface area contributed by atoms with Gasteiger partial charge in [-0.2, -0.15) is 0 Å². The van der Waals surface area contributed by atoms with Crippen molar-refractivity contribution in [3.63, 3.8) is 0 Å². The van der Waals surface area contributed by atoms with Gasteiger partial charge in [-0.25, -0.2) is 9.59 Å². The Morgan fingerprint density at radius 1 is 0.806 bits per heavy atom. The van der Waals surface area contributed by atoms with Crippen LogP contribution in [0, 0.1) is 0 Å². The molecule has 0 spiro atoms. The standard InChI is InChI=1S/C23H27N3O4.C2H2O4/c27-23(24-13-17-1-4-21-22(12-17)30-16-29-21)15-26-8-6-25(7-9-26)14-18-2-3-20-19(11-18)5-10-28-20;3-1(4)2(5)6/h1-4,11-12H,5-10,13-16H2,(H,24,27);(H,3,4)(H,5,6). The number of hydrogen-bond acceptors (Lipinski definition) is 8. The topological polar surface area (TPSA) is 138 Å². The molecule has 0 bridgehead atoms. The summed E-state index contributed by atoms with van der Waals surface area (Å²) >= 11 is 0. The van der Waals surface area contributed by atoms with Gasteiger partial charge < -0.3 is 29.7 Å². The molecule has 3 aliphatic rings. The van der Waals surface area contributed by atoms with E-state index in [1.165, 1.54) is 11.1 Å². The fourth-order valence-corrected chi connectivity index (χ4v) is 4.21. The average molecular weight is 500 g/mol. The Balaban J connectivity index is 0.000000455. The lowest BCUT2D eigenvalue weighted by Gasteiger charge is -2.34. The van der Waals surface area contributed by atoms with Crippen molar-refractivity contribution in [2.24, 2.45) is 0 Å². The van der Waals surface area contributed by atoms with Crippen LogP contribution in [0.3, 0.4) is 0 Å². The molecule has 11 nitrogen and oxygen atoms in total. The van der Waals surface area contributed by atoms with Gasteiger partial charge in [-0.3, -0.25) is 14.6 Å². The summed E-state index contributed by atoms with van der Waals surface area (Å²) in [7, 11) is 0. The lowest BCUT2D eigenvalue weighted by molar-refractivity contribution is -0.159. The summed E-state index contributed by atoms with van der Waals surface area (Å²) < 4.78 is 16.3.